The van der Waals surface area contributed by atoms with Gasteiger partial charge in [-0.05, 0) is 28.8 Å². The molecule has 20 heavy (non-hydrogen) atoms. The summed E-state index contributed by atoms with van der Waals surface area (Å²) < 4.78 is 18.8. The molecule has 2 aromatic rings. The van der Waals surface area contributed by atoms with E-state index in [-0.39, 0.29) is 17.1 Å². The predicted octanol–water partition coefficient (Wildman–Crippen LogP) is 3.72. The van der Waals surface area contributed by atoms with E-state index < -0.39 is 10.7 Å². The molecule has 5 nitrogen and oxygen atoms in total. The molecule has 0 bridgehead atoms. The van der Waals surface area contributed by atoms with Crippen LogP contribution in [0.4, 0.5) is 15.8 Å². The van der Waals surface area contributed by atoms with Crippen LogP contribution in [0, 0.1) is 22.9 Å². The SMILES string of the molecule is COc1cc(NCc2cscc2C)c(F)cc1[N+](=O)[O-]. The number of hydrogen-bond acceptors (Lipinski definition) is 5. The summed E-state index contributed by atoms with van der Waals surface area (Å²) in [5.41, 5.74) is 1.98. The van der Waals surface area contributed by atoms with E-state index >= 15 is 0 Å². The molecule has 7 heteroatoms. The molecule has 0 saturated heterocycles. The number of nitrogens with one attached hydrogen (secondary N) is 1. The zero-order valence-electron chi connectivity index (χ0n) is 11.0. The van der Waals surface area contributed by atoms with Gasteiger partial charge in [0.1, 0.15) is 0 Å². The molecule has 0 unspecified atom stereocenters. The quantitative estimate of drug-likeness (QED) is 0.674. The number of rotatable bonds is 5. The Labute approximate surface area is 119 Å². The van der Waals surface area contributed by atoms with E-state index in [1.165, 1.54) is 13.2 Å². The molecule has 0 fully saturated rings. The van der Waals surface area contributed by atoms with Crippen molar-refractivity contribution in [2.24, 2.45) is 0 Å². The van der Waals surface area contributed by atoms with E-state index in [9.17, 15) is 14.5 Å². The number of methoxy groups -OCH3 is 1. The Hall–Kier alpha value is -2.15. The topological polar surface area (TPSA) is 64.4 Å². The van der Waals surface area contributed by atoms with Crippen molar-refractivity contribution in [3.63, 3.8) is 0 Å². The number of hydrogen-bond donors (Lipinski definition) is 1. The van der Waals surface area contributed by atoms with Crippen LogP contribution in [0.5, 0.6) is 5.75 Å². The van der Waals surface area contributed by atoms with Gasteiger partial charge in [-0.1, -0.05) is 0 Å². The molecule has 0 radical (unpaired) electrons. The van der Waals surface area contributed by atoms with Crippen molar-refractivity contribution in [2.75, 3.05) is 12.4 Å². The van der Waals surface area contributed by atoms with Gasteiger partial charge in [-0.2, -0.15) is 11.3 Å². The second-order valence-corrected chi connectivity index (χ2v) is 4.94. The average molecular weight is 296 g/mol. The highest BCUT2D eigenvalue weighted by atomic mass is 32.1. The molecule has 0 aliphatic heterocycles. The van der Waals surface area contributed by atoms with Crippen LogP contribution in [-0.2, 0) is 6.54 Å². The van der Waals surface area contributed by atoms with Crippen LogP contribution in [0.15, 0.2) is 22.9 Å². The maximum absolute atomic E-state index is 13.8. The highest BCUT2D eigenvalue weighted by Crippen LogP contribution is 2.32. The molecule has 1 N–H and O–H groups in total. The van der Waals surface area contributed by atoms with Gasteiger partial charge >= 0.3 is 5.69 Å². The van der Waals surface area contributed by atoms with Gasteiger partial charge in [-0.25, -0.2) is 4.39 Å². The van der Waals surface area contributed by atoms with E-state index in [2.05, 4.69) is 5.32 Å². The Bertz CT molecular complexity index is 643. The Morgan fingerprint density at radius 2 is 2.20 bits per heavy atom. The summed E-state index contributed by atoms with van der Waals surface area (Å²) in [6, 6.07) is 2.16. The highest BCUT2D eigenvalue weighted by Gasteiger charge is 2.19. The molecule has 0 atom stereocenters. The van der Waals surface area contributed by atoms with Gasteiger partial charge in [-0.3, -0.25) is 10.1 Å². The zero-order chi connectivity index (χ0) is 14.7. The lowest BCUT2D eigenvalue weighted by atomic mass is 10.2. The third-order valence-corrected chi connectivity index (χ3v) is 3.81. The van der Waals surface area contributed by atoms with Crippen molar-refractivity contribution in [2.45, 2.75) is 13.5 Å². The summed E-state index contributed by atoms with van der Waals surface area (Å²) >= 11 is 1.57. The third-order valence-electron chi connectivity index (χ3n) is 2.90. The van der Waals surface area contributed by atoms with Gasteiger partial charge in [0.25, 0.3) is 0 Å². The van der Waals surface area contributed by atoms with E-state index in [4.69, 9.17) is 4.74 Å². The molecule has 0 aliphatic carbocycles. The molecule has 1 aromatic carbocycles. The van der Waals surface area contributed by atoms with Crippen molar-refractivity contribution in [1.29, 1.82) is 0 Å². The molecule has 2 rings (SSSR count). The minimum absolute atomic E-state index is 0.0286. The van der Waals surface area contributed by atoms with E-state index in [1.54, 1.807) is 11.3 Å². The molecular weight excluding hydrogens is 283 g/mol. The summed E-state index contributed by atoms with van der Waals surface area (Å²) in [6.45, 7) is 2.42. The first-order valence-electron chi connectivity index (χ1n) is 5.80. The summed E-state index contributed by atoms with van der Waals surface area (Å²) in [6.07, 6.45) is 0. The van der Waals surface area contributed by atoms with Gasteiger partial charge in [0.05, 0.1) is 23.8 Å². The summed E-state index contributed by atoms with van der Waals surface area (Å²) in [5.74, 6) is -0.647. The normalized spacial score (nSPS) is 10.3. The molecule has 1 heterocycles. The number of halogens is 1. The number of nitrogens with zero attached hydrogens (tertiary/aromatic N) is 1. The number of thiophene rings is 1. The van der Waals surface area contributed by atoms with Crippen molar-refractivity contribution in [3.05, 3.63) is 50.0 Å². The first-order chi connectivity index (χ1) is 9.52. The number of aryl methyl sites for hydroxylation is 1. The third kappa shape index (κ3) is 2.88. The van der Waals surface area contributed by atoms with Crippen LogP contribution in [0.3, 0.4) is 0 Å². The molecule has 0 amide bonds. The first-order valence-corrected chi connectivity index (χ1v) is 6.74. The zero-order valence-corrected chi connectivity index (χ0v) is 11.8. The molecule has 1 aromatic heterocycles. The molecule has 106 valence electrons. The number of benzene rings is 1. The Morgan fingerprint density at radius 3 is 2.75 bits per heavy atom. The minimum atomic E-state index is -0.676. The molecule has 0 saturated carbocycles. The minimum Gasteiger partial charge on any atom is -0.490 e. The Morgan fingerprint density at radius 1 is 1.45 bits per heavy atom. The lowest BCUT2D eigenvalue weighted by molar-refractivity contribution is -0.385. The Kier molecular flexibility index (Phi) is 4.19. The van der Waals surface area contributed by atoms with Crippen LogP contribution in [0.2, 0.25) is 0 Å². The number of nitro benzene ring substituents is 1. The van der Waals surface area contributed by atoms with Crippen molar-refractivity contribution in [3.8, 4) is 5.75 Å². The van der Waals surface area contributed by atoms with Crippen LogP contribution >= 0.6 is 11.3 Å². The smallest absolute Gasteiger partial charge is 0.313 e. The number of ether oxygens (including phenoxy) is 1. The van der Waals surface area contributed by atoms with E-state index in [1.807, 2.05) is 17.7 Å². The fourth-order valence-corrected chi connectivity index (χ4v) is 2.60. The molecular formula is C13H13FN2O3S. The largest absolute Gasteiger partial charge is 0.490 e. The lowest BCUT2D eigenvalue weighted by Crippen LogP contribution is -2.03. The lowest BCUT2D eigenvalue weighted by Gasteiger charge is -2.09. The summed E-state index contributed by atoms with van der Waals surface area (Å²) in [5, 5.41) is 17.7. The van der Waals surface area contributed by atoms with Gasteiger partial charge in [0, 0.05) is 12.6 Å². The van der Waals surface area contributed by atoms with Crippen LogP contribution < -0.4 is 10.1 Å². The van der Waals surface area contributed by atoms with Gasteiger partial charge in [0.15, 0.2) is 11.6 Å². The number of nitro groups is 1. The monoisotopic (exact) mass is 296 g/mol. The maximum atomic E-state index is 13.8. The summed E-state index contributed by atoms with van der Waals surface area (Å²) in [7, 11) is 1.31. The van der Waals surface area contributed by atoms with Gasteiger partial charge in [-0.15, -0.1) is 0 Å². The predicted molar refractivity (Wildman–Crippen MR) is 76.0 cm³/mol. The fourth-order valence-electron chi connectivity index (χ4n) is 1.74. The van der Waals surface area contributed by atoms with E-state index in [0.717, 1.165) is 17.2 Å². The second-order valence-electron chi connectivity index (χ2n) is 4.19. The Balaban J connectivity index is 2.24. The van der Waals surface area contributed by atoms with Crippen LogP contribution in [0.25, 0.3) is 0 Å². The average Bonchev–Trinajstić information content (AvgIpc) is 2.82. The van der Waals surface area contributed by atoms with Gasteiger partial charge in [0.2, 0.25) is 0 Å². The van der Waals surface area contributed by atoms with E-state index in [0.29, 0.717) is 6.54 Å². The number of anilines is 1. The summed E-state index contributed by atoms with van der Waals surface area (Å²) in [4.78, 5) is 10.1. The van der Waals surface area contributed by atoms with Crippen molar-refractivity contribution in [1.82, 2.24) is 0 Å². The highest BCUT2D eigenvalue weighted by molar-refractivity contribution is 7.08. The second kappa shape index (κ2) is 5.87. The first kappa shape index (κ1) is 14.3. The van der Waals surface area contributed by atoms with Crippen molar-refractivity contribution < 1.29 is 14.1 Å². The molecule has 0 spiro atoms. The maximum Gasteiger partial charge on any atom is 0.313 e. The molecule has 0 aliphatic rings. The van der Waals surface area contributed by atoms with Gasteiger partial charge < -0.3 is 10.1 Å². The van der Waals surface area contributed by atoms with Crippen LogP contribution in [0.1, 0.15) is 11.1 Å². The standard InChI is InChI=1S/C13H13FN2O3S/c1-8-6-20-7-9(8)5-15-11-4-13(19-2)12(16(17)18)3-10(11)14/h3-4,6-7,15H,5H2,1-2H3. The van der Waals surface area contributed by atoms with Crippen molar-refractivity contribution >= 4 is 22.7 Å². The van der Waals surface area contributed by atoms with Crippen LogP contribution in [-0.4, -0.2) is 12.0 Å². The fraction of sp³-hybridized carbons (Fsp3) is 0.231.